The van der Waals surface area contributed by atoms with Gasteiger partial charge in [0.05, 0.1) is 12.2 Å². The first-order valence-electron chi connectivity index (χ1n) is 10.4. The zero-order valence-electron chi connectivity index (χ0n) is 18.7. The third-order valence-electron chi connectivity index (χ3n) is 5.32. The summed E-state index contributed by atoms with van der Waals surface area (Å²) in [5.74, 6) is -1.28. The Morgan fingerprint density at radius 2 is 1.68 bits per heavy atom. The Bertz CT molecular complexity index is 1110. The van der Waals surface area contributed by atoms with Gasteiger partial charge in [-0.15, -0.1) is 0 Å². The standard InChI is InChI=1S/C26H29NO4/c1-6-31-23-21(25(29)30)15-18-9-7-8-10-20(18)22(23)24(28)27(5)16-17-11-13-19(14-12-17)26(2,3)4/h7-15H,6,16H2,1-5H3,(H,29,30). The Balaban J connectivity index is 2.02. The van der Waals surface area contributed by atoms with Crippen LogP contribution in [-0.4, -0.2) is 35.5 Å². The van der Waals surface area contributed by atoms with Crippen LogP contribution in [0, 0.1) is 0 Å². The highest BCUT2D eigenvalue weighted by Gasteiger charge is 2.26. The summed E-state index contributed by atoms with van der Waals surface area (Å²) in [6.07, 6.45) is 0. The number of benzene rings is 3. The van der Waals surface area contributed by atoms with Gasteiger partial charge in [0, 0.05) is 13.6 Å². The summed E-state index contributed by atoms with van der Waals surface area (Å²) in [4.78, 5) is 27.0. The lowest BCUT2D eigenvalue weighted by molar-refractivity contribution is 0.0692. The molecular weight excluding hydrogens is 390 g/mol. The number of carboxylic acids is 1. The van der Waals surface area contributed by atoms with Crippen LogP contribution >= 0.6 is 0 Å². The molecule has 162 valence electrons. The Labute approximate surface area is 183 Å². The number of aromatic carboxylic acids is 1. The lowest BCUT2D eigenvalue weighted by Crippen LogP contribution is -2.27. The molecule has 0 radical (unpaired) electrons. The SMILES string of the molecule is CCOc1c(C(=O)O)cc2ccccc2c1C(=O)N(C)Cc1ccc(C(C)(C)C)cc1. The summed E-state index contributed by atoms with van der Waals surface area (Å²) < 4.78 is 5.68. The van der Waals surface area contributed by atoms with Crippen LogP contribution in [0.5, 0.6) is 5.75 Å². The van der Waals surface area contributed by atoms with E-state index in [0.717, 1.165) is 5.56 Å². The van der Waals surface area contributed by atoms with Crippen molar-refractivity contribution in [2.75, 3.05) is 13.7 Å². The minimum atomic E-state index is -1.12. The van der Waals surface area contributed by atoms with Crippen LogP contribution in [0.4, 0.5) is 0 Å². The average molecular weight is 420 g/mol. The van der Waals surface area contributed by atoms with Crippen LogP contribution in [0.3, 0.4) is 0 Å². The Morgan fingerprint density at radius 1 is 1.03 bits per heavy atom. The van der Waals surface area contributed by atoms with Crippen molar-refractivity contribution in [1.29, 1.82) is 0 Å². The fraction of sp³-hybridized carbons (Fsp3) is 0.308. The predicted octanol–water partition coefficient (Wildman–Crippen LogP) is 5.51. The number of rotatable bonds is 6. The van der Waals surface area contributed by atoms with E-state index >= 15 is 0 Å². The molecule has 0 bridgehead atoms. The second kappa shape index (κ2) is 8.80. The zero-order chi connectivity index (χ0) is 22.8. The average Bonchev–Trinajstić information content (AvgIpc) is 2.72. The van der Waals surface area contributed by atoms with E-state index in [4.69, 9.17) is 4.74 Å². The quantitative estimate of drug-likeness (QED) is 0.572. The lowest BCUT2D eigenvalue weighted by Gasteiger charge is -2.23. The van der Waals surface area contributed by atoms with Gasteiger partial charge in [0.25, 0.3) is 5.91 Å². The molecule has 0 aliphatic rings. The molecule has 0 saturated heterocycles. The third-order valence-corrected chi connectivity index (χ3v) is 5.32. The number of carbonyl (C=O) groups excluding carboxylic acids is 1. The molecule has 3 aromatic rings. The van der Waals surface area contributed by atoms with Crippen LogP contribution in [-0.2, 0) is 12.0 Å². The number of carbonyl (C=O) groups is 2. The van der Waals surface area contributed by atoms with Crippen LogP contribution in [0.1, 0.15) is 59.5 Å². The van der Waals surface area contributed by atoms with Gasteiger partial charge in [0.1, 0.15) is 11.3 Å². The fourth-order valence-corrected chi connectivity index (χ4v) is 3.64. The Morgan fingerprint density at radius 3 is 2.26 bits per heavy atom. The zero-order valence-corrected chi connectivity index (χ0v) is 18.7. The molecule has 0 heterocycles. The van der Waals surface area contributed by atoms with Crippen LogP contribution < -0.4 is 4.74 Å². The van der Waals surface area contributed by atoms with Crippen molar-refractivity contribution in [3.8, 4) is 5.75 Å². The predicted molar refractivity (Wildman–Crippen MR) is 123 cm³/mol. The van der Waals surface area contributed by atoms with E-state index in [1.165, 1.54) is 5.56 Å². The van der Waals surface area contributed by atoms with Gasteiger partial charge in [-0.3, -0.25) is 4.79 Å². The molecule has 0 unspecified atom stereocenters. The van der Waals surface area contributed by atoms with Crippen molar-refractivity contribution < 1.29 is 19.4 Å². The van der Waals surface area contributed by atoms with Gasteiger partial charge in [0.2, 0.25) is 0 Å². The summed E-state index contributed by atoms with van der Waals surface area (Å²) in [6.45, 7) is 8.92. The Hall–Kier alpha value is -3.34. The van der Waals surface area contributed by atoms with Gasteiger partial charge in [-0.1, -0.05) is 69.3 Å². The van der Waals surface area contributed by atoms with Gasteiger partial charge < -0.3 is 14.7 Å². The highest BCUT2D eigenvalue weighted by Crippen LogP contribution is 2.34. The first-order chi connectivity index (χ1) is 14.6. The molecule has 0 aromatic heterocycles. The van der Waals surface area contributed by atoms with E-state index in [1.807, 2.05) is 30.3 Å². The molecular formula is C26H29NO4. The van der Waals surface area contributed by atoms with E-state index in [2.05, 4.69) is 32.9 Å². The first-order valence-corrected chi connectivity index (χ1v) is 10.4. The van der Waals surface area contributed by atoms with Gasteiger partial charge in [-0.2, -0.15) is 0 Å². The molecule has 0 spiro atoms. The monoisotopic (exact) mass is 419 g/mol. The molecule has 0 aliphatic carbocycles. The summed E-state index contributed by atoms with van der Waals surface area (Å²) in [7, 11) is 1.72. The van der Waals surface area contributed by atoms with E-state index in [0.29, 0.717) is 17.3 Å². The molecule has 5 heteroatoms. The second-order valence-electron chi connectivity index (χ2n) is 8.70. The number of hydrogen-bond acceptors (Lipinski definition) is 3. The second-order valence-corrected chi connectivity index (χ2v) is 8.70. The van der Waals surface area contributed by atoms with Gasteiger partial charge in [-0.05, 0) is 40.3 Å². The number of amides is 1. The van der Waals surface area contributed by atoms with Crippen molar-refractivity contribution in [2.45, 2.75) is 39.7 Å². The fourth-order valence-electron chi connectivity index (χ4n) is 3.64. The number of nitrogens with zero attached hydrogens (tertiary/aromatic N) is 1. The Kier molecular flexibility index (Phi) is 6.34. The highest BCUT2D eigenvalue weighted by molar-refractivity contribution is 6.13. The molecule has 0 saturated carbocycles. The van der Waals surface area contributed by atoms with E-state index in [-0.39, 0.29) is 34.8 Å². The molecule has 3 aromatic carbocycles. The van der Waals surface area contributed by atoms with Crippen LogP contribution in [0.15, 0.2) is 54.6 Å². The van der Waals surface area contributed by atoms with Crippen molar-refractivity contribution in [1.82, 2.24) is 4.90 Å². The van der Waals surface area contributed by atoms with E-state index < -0.39 is 5.97 Å². The normalized spacial score (nSPS) is 11.4. The maximum absolute atomic E-state index is 13.5. The largest absolute Gasteiger partial charge is 0.492 e. The minimum absolute atomic E-state index is 0.00756. The summed E-state index contributed by atoms with van der Waals surface area (Å²) >= 11 is 0. The number of hydrogen-bond donors (Lipinski definition) is 1. The smallest absolute Gasteiger partial charge is 0.339 e. The van der Waals surface area contributed by atoms with E-state index in [9.17, 15) is 14.7 Å². The summed E-state index contributed by atoms with van der Waals surface area (Å²) in [5.41, 5.74) is 2.56. The van der Waals surface area contributed by atoms with Gasteiger partial charge >= 0.3 is 5.97 Å². The molecule has 3 rings (SSSR count). The van der Waals surface area contributed by atoms with Crippen molar-refractivity contribution >= 4 is 22.6 Å². The topological polar surface area (TPSA) is 66.8 Å². The van der Waals surface area contributed by atoms with E-state index in [1.54, 1.807) is 31.0 Å². The highest BCUT2D eigenvalue weighted by atomic mass is 16.5. The maximum atomic E-state index is 13.5. The third kappa shape index (κ3) is 4.71. The maximum Gasteiger partial charge on any atom is 0.339 e. The molecule has 1 amide bonds. The number of ether oxygens (including phenoxy) is 1. The van der Waals surface area contributed by atoms with Crippen LogP contribution in [0.2, 0.25) is 0 Å². The summed E-state index contributed by atoms with van der Waals surface area (Å²) in [6, 6.07) is 17.1. The molecule has 0 fully saturated rings. The molecule has 1 N–H and O–H groups in total. The molecule has 0 aliphatic heterocycles. The molecule has 0 atom stereocenters. The summed E-state index contributed by atoms with van der Waals surface area (Å²) in [5, 5.41) is 11.1. The van der Waals surface area contributed by atoms with Gasteiger partial charge in [0.15, 0.2) is 0 Å². The molecule has 5 nitrogen and oxygen atoms in total. The number of carboxylic acid groups (broad SMARTS) is 1. The minimum Gasteiger partial charge on any atom is -0.492 e. The van der Waals surface area contributed by atoms with Crippen molar-refractivity contribution in [3.05, 3.63) is 76.9 Å². The van der Waals surface area contributed by atoms with Crippen molar-refractivity contribution in [3.63, 3.8) is 0 Å². The first kappa shape index (κ1) is 22.3. The number of fused-ring (bicyclic) bond motifs is 1. The van der Waals surface area contributed by atoms with Crippen molar-refractivity contribution in [2.24, 2.45) is 0 Å². The lowest BCUT2D eigenvalue weighted by atomic mass is 9.87. The van der Waals surface area contributed by atoms with Gasteiger partial charge in [-0.25, -0.2) is 4.79 Å². The molecule has 31 heavy (non-hydrogen) atoms. The van der Waals surface area contributed by atoms with Crippen LogP contribution in [0.25, 0.3) is 10.8 Å².